The van der Waals surface area contributed by atoms with Crippen molar-refractivity contribution in [2.75, 3.05) is 13.1 Å². The van der Waals surface area contributed by atoms with Crippen LogP contribution in [0.5, 0.6) is 0 Å². The van der Waals surface area contributed by atoms with Gasteiger partial charge in [0.15, 0.2) is 0 Å². The van der Waals surface area contributed by atoms with Gasteiger partial charge in [-0.1, -0.05) is 66.2 Å². The highest BCUT2D eigenvalue weighted by molar-refractivity contribution is 6.30. The predicted molar refractivity (Wildman–Crippen MR) is 157 cm³/mol. The minimum Gasteiger partial charge on any atom is -0.300 e. The van der Waals surface area contributed by atoms with Gasteiger partial charge >= 0.3 is 0 Å². The molecule has 194 valence electrons. The predicted octanol–water partition coefficient (Wildman–Crippen LogP) is 8.94. The normalized spacial score (nSPS) is 23.9. The fourth-order valence-electron chi connectivity index (χ4n) is 6.39. The Morgan fingerprint density at radius 3 is 2.32 bits per heavy atom. The molecule has 1 saturated carbocycles. The fraction of sp³-hybridized carbons (Fsp3) is 0.424. The molecule has 1 unspecified atom stereocenters. The number of allylic oxidation sites excluding steroid dienone is 4. The van der Waals surface area contributed by atoms with Crippen LogP contribution in [0.4, 0.5) is 0 Å². The number of likely N-dealkylation sites (tertiary alicyclic amines) is 1. The lowest BCUT2D eigenvalue weighted by molar-refractivity contribution is 0.153. The molecule has 4 heteroatoms. The van der Waals surface area contributed by atoms with E-state index in [-0.39, 0.29) is 0 Å². The van der Waals surface area contributed by atoms with Gasteiger partial charge in [-0.2, -0.15) is 5.10 Å². The number of rotatable bonds is 6. The summed E-state index contributed by atoms with van der Waals surface area (Å²) in [6.07, 6.45) is 15.4. The lowest BCUT2D eigenvalue weighted by Gasteiger charge is -2.36. The van der Waals surface area contributed by atoms with Crippen molar-refractivity contribution >= 4 is 17.3 Å². The molecule has 0 N–H and O–H groups in total. The highest BCUT2D eigenvalue weighted by atomic mass is 35.5. The first-order valence-electron chi connectivity index (χ1n) is 14.1. The number of nitrogens with zero attached hydrogens (tertiary/aromatic N) is 3. The molecule has 3 aromatic rings. The molecule has 1 atom stereocenters. The van der Waals surface area contributed by atoms with Crippen molar-refractivity contribution in [3.63, 3.8) is 0 Å². The number of benzene rings is 2. The fourth-order valence-corrected chi connectivity index (χ4v) is 6.52. The summed E-state index contributed by atoms with van der Waals surface area (Å²) in [6.45, 7) is 6.58. The first-order valence-corrected chi connectivity index (χ1v) is 14.5. The lowest BCUT2D eigenvalue weighted by atomic mass is 9.81. The molecule has 0 bridgehead atoms. The van der Waals surface area contributed by atoms with Gasteiger partial charge in [0, 0.05) is 28.2 Å². The zero-order valence-corrected chi connectivity index (χ0v) is 23.1. The van der Waals surface area contributed by atoms with Crippen LogP contribution in [-0.2, 0) is 0 Å². The second kappa shape index (κ2) is 12.3. The summed E-state index contributed by atoms with van der Waals surface area (Å²) < 4.78 is 2.19. The monoisotopic (exact) mass is 513 g/mol. The molecule has 0 amide bonds. The number of hydrogen-bond donors (Lipinski definition) is 0. The van der Waals surface area contributed by atoms with E-state index in [1.807, 2.05) is 12.1 Å². The van der Waals surface area contributed by atoms with Crippen molar-refractivity contribution in [1.82, 2.24) is 14.7 Å². The Morgan fingerprint density at radius 1 is 0.865 bits per heavy atom. The topological polar surface area (TPSA) is 21.1 Å². The molecule has 1 aliphatic heterocycles. The van der Waals surface area contributed by atoms with Crippen molar-refractivity contribution in [1.29, 1.82) is 0 Å². The summed E-state index contributed by atoms with van der Waals surface area (Å²) in [5.41, 5.74) is 6.15. The van der Waals surface area contributed by atoms with Crippen LogP contribution in [0.1, 0.15) is 81.9 Å². The van der Waals surface area contributed by atoms with Crippen molar-refractivity contribution in [3.05, 3.63) is 95.2 Å². The van der Waals surface area contributed by atoms with E-state index in [0.29, 0.717) is 5.92 Å². The summed E-state index contributed by atoms with van der Waals surface area (Å²) >= 11 is 6.16. The molecule has 0 spiro atoms. The number of aromatic nitrogens is 2. The first-order chi connectivity index (χ1) is 18.2. The van der Waals surface area contributed by atoms with Crippen LogP contribution in [0.25, 0.3) is 17.0 Å². The molecule has 1 aromatic heterocycles. The molecule has 2 aliphatic rings. The van der Waals surface area contributed by atoms with E-state index < -0.39 is 0 Å². The largest absolute Gasteiger partial charge is 0.300 e. The van der Waals surface area contributed by atoms with E-state index in [2.05, 4.69) is 90.2 Å². The van der Waals surface area contributed by atoms with Crippen LogP contribution in [0.2, 0.25) is 5.02 Å². The minimum absolute atomic E-state index is 0.513. The van der Waals surface area contributed by atoms with E-state index in [1.54, 1.807) is 0 Å². The van der Waals surface area contributed by atoms with Crippen molar-refractivity contribution < 1.29 is 0 Å². The Morgan fingerprint density at radius 2 is 1.62 bits per heavy atom. The van der Waals surface area contributed by atoms with E-state index in [4.69, 9.17) is 16.7 Å². The SMILES string of the molecule is CC=CC(=CC)n1nc(-c2ccc(Cl)cc2)cc1C1CCCN(C2CCC(c3ccccc3)CC2)CC1. The summed E-state index contributed by atoms with van der Waals surface area (Å²) in [5.74, 6) is 1.25. The van der Waals surface area contributed by atoms with Crippen molar-refractivity contribution in [2.45, 2.75) is 76.7 Å². The third-order valence-electron chi connectivity index (χ3n) is 8.42. The third kappa shape index (κ3) is 6.10. The van der Waals surface area contributed by atoms with Gasteiger partial charge in [0.25, 0.3) is 0 Å². The van der Waals surface area contributed by atoms with Gasteiger partial charge in [-0.15, -0.1) is 0 Å². The molecule has 5 rings (SSSR count). The Labute approximate surface area is 227 Å². The molecular formula is C33H40ClN3. The Bertz CT molecular complexity index is 1200. The van der Waals surface area contributed by atoms with Gasteiger partial charge < -0.3 is 4.90 Å². The summed E-state index contributed by atoms with van der Waals surface area (Å²) in [6, 6.07) is 22.3. The molecule has 3 nitrogen and oxygen atoms in total. The molecule has 0 radical (unpaired) electrons. The Hall–Kier alpha value is -2.62. The zero-order valence-electron chi connectivity index (χ0n) is 22.3. The first kappa shape index (κ1) is 26.0. The second-order valence-corrected chi connectivity index (χ2v) is 11.1. The summed E-state index contributed by atoms with van der Waals surface area (Å²) in [7, 11) is 0. The van der Waals surface area contributed by atoms with Crippen LogP contribution in [0.3, 0.4) is 0 Å². The summed E-state index contributed by atoms with van der Waals surface area (Å²) in [5, 5.41) is 5.85. The van der Waals surface area contributed by atoms with Gasteiger partial charge in [-0.25, -0.2) is 4.68 Å². The molecule has 37 heavy (non-hydrogen) atoms. The Balaban J connectivity index is 1.31. The zero-order chi connectivity index (χ0) is 25.6. The van der Waals surface area contributed by atoms with Crippen molar-refractivity contribution in [3.8, 4) is 11.3 Å². The quantitative estimate of drug-likeness (QED) is 0.307. The van der Waals surface area contributed by atoms with Gasteiger partial charge in [0.2, 0.25) is 0 Å². The summed E-state index contributed by atoms with van der Waals surface area (Å²) in [4.78, 5) is 2.81. The van der Waals surface area contributed by atoms with Crippen LogP contribution in [-0.4, -0.2) is 33.8 Å². The van der Waals surface area contributed by atoms with Crippen LogP contribution < -0.4 is 0 Å². The second-order valence-electron chi connectivity index (χ2n) is 10.7. The number of hydrogen-bond acceptors (Lipinski definition) is 2. The molecule has 1 aliphatic carbocycles. The van der Waals surface area contributed by atoms with Crippen LogP contribution in [0, 0.1) is 0 Å². The average molecular weight is 514 g/mol. The molecular weight excluding hydrogens is 474 g/mol. The standard InChI is InChI=1S/C33H40ClN3/c1-3-9-30(4-2)37-33(24-32(35-37)27-13-17-29(34)18-14-27)28-12-8-22-36(23-21-28)31-19-15-26(16-20-31)25-10-6-5-7-11-25/h3-7,9-11,13-14,17-18,24,26,28,31H,8,12,15-16,19-23H2,1-2H3. The van der Waals surface area contributed by atoms with E-state index in [9.17, 15) is 0 Å². The van der Waals surface area contributed by atoms with Gasteiger partial charge in [-0.3, -0.25) is 0 Å². The lowest BCUT2D eigenvalue weighted by Crippen LogP contribution is -2.38. The maximum Gasteiger partial charge on any atom is 0.0930 e. The molecule has 2 fully saturated rings. The van der Waals surface area contributed by atoms with Crippen LogP contribution >= 0.6 is 11.6 Å². The molecule has 1 saturated heterocycles. The number of halogens is 1. The maximum atomic E-state index is 6.16. The smallest absolute Gasteiger partial charge is 0.0930 e. The third-order valence-corrected chi connectivity index (χ3v) is 8.67. The van der Waals surface area contributed by atoms with E-state index >= 15 is 0 Å². The highest BCUT2D eigenvalue weighted by Crippen LogP contribution is 2.38. The van der Waals surface area contributed by atoms with Crippen molar-refractivity contribution in [2.24, 2.45) is 0 Å². The maximum absolute atomic E-state index is 6.16. The van der Waals surface area contributed by atoms with Crippen LogP contribution in [0.15, 0.2) is 78.9 Å². The average Bonchev–Trinajstić information content (AvgIpc) is 3.23. The van der Waals surface area contributed by atoms with Gasteiger partial charge in [-0.05, 0) is 108 Å². The highest BCUT2D eigenvalue weighted by Gasteiger charge is 2.30. The van der Waals surface area contributed by atoms with E-state index in [1.165, 1.54) is 69.3 Å². The molecule has 2 aromatic carbocycles. The van der Waals surface area contributed by atoms with E-state index in [0.717, 1.165) is 33.9 Å². The van der Waals surface area contributed by atoms with Gasteiger partial charge in [0.05, 0.1) is 11.4 Å². The molecule has 2 heterocycles. The minimum atomic E-state index is 0.513. The Kier molecular flexibility index (Phi) is 8.63. The van der Waals surface area contributed by atoms with Gasteiger partial charge in [0.1, 0.15) is 0 Å².